The average Bonchev–Trinajstić information content (AvgIpc) is 3.42. The summed E-state index contributed by atoms with van der Waals surface area (Å²) < 4.78 is 7.48. The minimum atomic E-state index is -0.799. The van der Waals surface area contributed by atoms with Crippen LogP contribution in [0, 0.1) is 11.8 Å². The van der Waals surface area contributed by atoms with Crippen LogP contribution in [0.4, 0.5) is 0 Å². The van der Waals surface area contributed by atoms with Crippen LogP contribution in [0.15, 0.2) is 53.7 Å². The summed E-state index contributed by atoms with van der Waals surface area (Å²) >= 11 is 0. The SMILES string of the molecule is Cn1ncc2cc(-c3ccc(C4=NC5(CCOC5)C(=O)N4CC4CN(C(=O)C5CC5)C4)cc3)ccc21. The number of nitrogens with zero attached hydrogens (tertiary/aromatic N) is 5. The fourth-order valence-electron chi connectivity index (χ4n) is 5.73. The molecule has 4 heterocycles. The van der Waals surface area contributed by atoms with E-state index in [1.807, 2.05) is 27.7 Å². The maximum absolute atomic E-state index is 13.6. The standard InChI is InChI=1S/C28H29N5O3/c1-31-24-9-8-22(12-23(24)13-29-31)19-2-4-20(5-3-19)25-30-28(10-11-36-17-28)27(35)33(25)16-18-14-32(15-18)26(34)21-6-7-21/h2-5,8-9,12-13,18,21H,6-7,10-11,14-17H2,1H3. The first-order valence-corrected chi connectivity index (χ1v) is 12.8. The molecular weight excluding hydrogens is 454 g/mol. The van der Waals surface area contributed by atoms with E-state index in [4.69, 9.17) is 9.73 Å². The Morgan fingerprint density at radius 3 is 2.56 bits per heavy atom. The zero-order valence-electron chi connectivity index (χ0n) is 20.4. The van der Waals surface area contributed by atoms with Crippen LogP contribution in [-0.2, 0) is 21.4 Å². The van der Waals surface area contributed by atoms with Gasteiger partial charge in [-0.3, -0.25) is 19.2 Å². The zero-order valence-corrected chi connectivity index (χ0v) is 20.4. The molecule has 2 amide bonds. The Labute approximate surface area is 209 Å². The van der Waals surface area contributed by atoms with Crippen molar-refractivity contribution in [1.29, 1.82) is 0 Å². The predicted molar refractivity (Wildman–Crippen MR) is 135 cm³/mol. The lowest BCUT2D eigenvalue weighted by Gasteiger charge is -2.41. The van der Waals surface area contributed by atoms with Crippen LogP contribution >= 0.6 is 0 Å². The molecule has 1 aliphatic carbocycles. The molecular formula is C28H29N5O3. The molecule has 7 rings (SSSR count). The summed E-state index contributed by atoms with van der Waals surface area (Å²) in [6.07, 6.45) is 4.55. The summed E-state index contributed by atoms with van der Waals surface area (Å²) in [5, 5.41) is 5.45. The van der Waals surface area contributed by atoms with Crippen molar-refractivity contribution < 1.29 is 14.3 Å². The molecule has 0 N–H and O–H groups in total. The normalized spacial score (nSPS) is 24.1. The van der Waals surface area contributed by atoms with Crippen LogP contribution in [0.1, 0.15) is 24.8 Å². The van der Waals surface area contributed by atoms with Crippen molar-refractivity contribution in [2.75, 3.05) is 32.8 Å². The van der Waals surface area contributed by atoms with Gasteiger partial charge in [-0.15, -0.1) is 0 Å². The van der Waals surface area contributed by atoms with Crippen molar-refractivity contribution in [3.05, 3.63) is 54.2 Å². The third kappa shape index (κ3) is 3.46. The third-order valence-electron chi connectivity index (χ3n) is 8.08. The van der Waals surface area contributed by atoms with E-state index in [1.54, 1.807) is 0 Å². The number of ether oxygens (including phenoxy) is 1. The highest BCUT2D eigenvalue weighted by Crippen LogP contribution is 2.37. The van der Waals surface area contributed by atoms with Gasteiger partial charge in [-0.2, -0.15) is 5.10 Å². The molecule has 0 radical (unpaired) electrons. The lowest BCUT2D eigenvalue weighted by Crippen LogP contribution is -2.56. The first kappa shape index (κ1) is 21.7. The summed E-state index contributed by atoms with van der Waals surface area (Å²) in [5.41, 5.74) is 3.46. The first-order valence-electron chi connectivity index (χ1n) is 12.8. The second kappa shape index (κ2) is 8.00. The van der Waals surface area contributed by atoms with Crippen molar-refractivity contribution in [3.8, 4) is 11.1 Å². The predicted octanol–water partition coefficient (Wildman–Crippen LogP) is 2.86. The van der Waals surface area contributed by atoms with Gasteiger partial charge in [0, 0.05) is 62.5 Å². The van der Waals surface area contributed by atoms with Crippen LogP contribution in [0.2, 0.25) is 0 Å². The third-order valence-corrected chi connectivity index (χ3v) is 8.08. The van der Waals surface area contributed by atoms with E-state index in [2.05, 4.69) is 47.6 Å². The lowest BCUT2D eigenvalue weighted by atomic mass is 9.96. The molecule has 36 heavy (non-hydrogen) atoms. The van der Waals surface area contributed by atoms with Crippen LogP contribution in [0.3, 0.4) is 0 Å². The number of carbonyl (C=O) groups is 2. The maximum atomic E-state index is 13.6. The number of aryl methyl sites for hydroxylation is 1. The highest BCUT2D eigenvalue weighted by atomic mass is 16.5. The highest BCUT2D eigenvalue weighted by Gasteiger charge is 2.52. The Balaban J connectivity index is 1.14. The Morgan fingerprint density at radius 1 is 1.08 bits per heavy atom. The Bertz CT molecular complexity index is 1390. The minimum absolute atomic E-state index is 0.0353. The number of benzene rings is 2. The second-order valence-electron chi connectivity index (χ2n) is 10.7. The number of likely N-dealkylation sites (tertiary alicyclic amines) is 1. The minimum Gasteiger partial charge on any atom is -0.378 e. The van der Waals surface area contributed by atoms with E-state index in [-0.39, 0.29) is 23.7 Å². The summed E-state index contributed by atoms with van der Waals surface area (Å²) in [6, 6.07) is 14.6. The van der Waals surface area contributed by atoms with Gasteiger partial charge in [-0.05, 0) is 36.1 Å². The number of hydrogen-bond acceptors (Lipinski definition) is 5. The highest BCUT2D eigenvalue weighted by molar-refractivity contribution is 6.15. The number of aromatic nitrogens is 2. The van der Waals surface area contributed by atoms with E-state index in [0.717, 1.165) is 59.4 Å². The smallest absolute Gasteiger partial charge is 0.258 e. The summed E-state index contributed by atoms with van der Waals surface area (Å²) in [4.78, 5) is 34.7. The number of rotatable bonds is 5. The quantitative estimate of drug-likeness (QED) is 0.559. The van der Waals surface area contributed by atoms with Crippen LogP contribution in [-0.4, -0.2) is 75.6 Å². The maximum Gasteiger partial charge on any atom is 0.258 e. The van der Waals surface area contributed by atoms with Gasteiger partial charge in [0.25, 0.3) is 5.91 Å². The zero-order chi connectivity index (χ0) is 24.4. The van der Waals surface area contributed by atoms with Gasteiger partial charge in [0.15, 0.2) is 5.54 Å². The molecule has 8 nitrogen and oxygen atoms in total. The fraction of sp³-hybridized carbons (Fsp3) is 0.429. The van der Waals surface area contributed by atoms with Crippen LogP contribution in [0.25, 0.3) is 22.0 Å². The molecule has 2 aromatic carbocycles. The number of fused-ring (bicyclic) bond motifs is 1. The summed E-state index contributed by atoms with van der Waals surface area (Å²) in [5.74, 6) is 1.58. The van der Waals surface area contributed by atoms with Crippen LogP contribution in [0.5, 0.6) is 0 Å². The molecule has 8 heteroatoms. The van der Waals surface area contributed by atoms with Gasteiger partial charge >= 0.3 is 0 Å². The molecule has 0 bridgehead atoms. The summed E-state index contributed by atoms with van der Waals surface area (Å²) in [6.45, 7) is 2.94. The van der Waals surface area contributed by atoms with Crippen molar-refractivity contribution >= 4 is 28.6 Å². The van der Waals surface area contributed by atoms with E-state index in [9.17, 15) is 9.59 Å². The molecule has 1 spiro atoms. The molecule has 1 saturated carbocycles. The van der Waals surface area contributed by atoms with E-state index < -0.39 is 5.54 Å². The molecule has 3 fully saturated rings. The Hall–Kier alpha value is -3.52. The second-order valence-corrected chi connectivity index (χ2v) is 10.7. The van der Waals surface area contributed by atoms with E-state index in [0.29, 0.717) is 26.2 Å². The monoisotopic (exact) mass is 483 g/mol. The van der Waals surface area contributed by atoms with Gasteiger partial charge in [0.05, 0.1) is 18.3 Å². The van der Waals surface area contributed by atoms with Crippen molar-refractivity contribution in [3.63, 3.8) is 0 Å². The molecule has 2 saturated heterocycles. The number of amidine groups is 1. The molecule has 3 aromatic rings. The number of aliphatic imine (C=N–C) groups is 1. The number of carbonyl (C=O) groups excluding carboxylic acids is 2. The average molecular weight is 484 g/mol. The molecule has 1 atom stereocenters. The number of hydrogen-bond donors (Lipinski definition) is 0. The van der Waals surface area contributed by atoms with Crippen molar-refractivity contribution in [2.24, 2.45) is 23.9 Å². The molecule has 1 unspecified atom stereocenters. The van der Waals surface area contributed by atoms with Gasteiger partial charge in [0.1, 0.15) is 5.84 Å². The number of amides is 2. The van der Waals surface area contributed by atoms with Crippen molar-refractivity contribution in [2.45, 2.75) is 24.8 Å². The Kier molecular flexibility index (Phi) is 4.83. The first-order chi connectivity index (χ1) is 17.5. The molecule has 4 aliphatic rings. The largest absolute Gasteiger partial charge is 0.378 e. The molecule has 3 aliphatic heterocycles. The van der Waals surface area contributed by atoms with E-state index >= 15 is 0 Å². The van der Waals surface area contributed by atoms with Crippen LogP contribution < -0.4 is 0 Å². The van der Waals surface area contributed by atoms with E-state index in [1.165, 1.54) is 0 Å². The van der Waals surface area contributed by atoms with Gasteiger partial charge in [0.2, 0.25) is 5.91 Å². The fourth-order valence-corrected chi connectivity index (χ4v) is 5.73. The summed E-state index contributed by atoms with van der Waals surface area (Å²) in [7, 11) is 1.94. The lowest BCUT2D eigenvalue weighted by molar-refractivity contribution is -0.140. The Morgan fingerprint density at radius 2 is 1.83 bits per heavy atom. The van der Waals surface area contributed by atoms with Crippen molar-refractivity contribution in [1.82, 2.24) is 19.6 Å². The topological polar surface area (TPSA) is 80.0 Å². The van der Waals surface area contributed by atoms with Gasteiger partial charge < -0.3 is 9.64 Å². The molecule has 184 valence electrons. The van der Waals surface area contributed by atoms with Gasteiger partial charge in [-0.1, -0.05) is 30.3 Å². The van der Waals surface area contributed by atoms with Gasteiger partial charge in [-0.25, -0.2) is 4.99 Å². The molecule has 1 aromatic heterocycles.